The Hall–Kier alpha value is -3.71. The number of rotatable bonds is 4. The van der Waals surface area contributed by atoms with E-state index >= 15 is 0 Å². The molecule has 0 aliphatic carbocycles. The lowest BCUT2D eigenvalue weighted by Crippen LogP contribution is -2.14. The van der Waals surface area contributed by atoms with E-state index in [1.807, 2.05) is 31.2 Å². The SMILES string of the molecule is CC(=O)Nc1ccc(NC(=O)c2cc(-c3ccc(C)cc3)nc3onc(C)c23)c(Cl)c1. The van der Waals surface area contributed by atoms with Crippen LogP contribution in [-0.4, -0.2) is 22.0 Å². The molecule has 0 spiro atoms. The lowest BCUT2D eigenvalue weighted by atomic mass is 10.0. The minimum Gasteiger partial charge on any atom is -0.335 e. The lowest BCUT2D eigenvalue weighted by Gasteiger charge is -2.11. The number of pyridine rings is 1. The van der Waals surface area contributed by atoms with Crippen LogP contribution in [0.1, 0.15) is 28.5 Å². The van der Waals surface area contributed by atoms with E-state index in [4.69, 9.17) is 16.1 Å². The highest BCUT2D eigenvalue weighted by Gasteiger charge is 2.20. The average Bonchev–Trinajstić information content (AvgIpc) is 3.10. The third-order valence-electron chi connectivity index (χ3n) is 4.75. The third-order valence-corrected chi connectivity index (χ3v) is 5.06. The van der Waals surface area contributed by atoms with Crippen molar-refractivity contribution in [2.45, 2.75) is 20.8 Å². The van der Waals surface area contributed by atoms with Crippen LogP contribution in [-0.2, 0) is 4.79 Å². The van der Waals surface area contributed by atoms with Gasteiger partial charge in [-0.25, -0.2) is 4.98 Å². The van der Waals surface area contributed by atoms with Crippen molar-refractivity contribution in [2.75, 3.05) is 10.6 Å². The number of carbonyl (C=O) groups is 2. The molecule has 0 saturated carbocycles. The zero-order valence-corrected chi connectivity index (χ0v) is 17.9. The van der Waals surface area contributed by atoms with Gasteiger partial charge in [-0.3, -0.25) is 9.59 Å². The van der Waals surface area contributed by atoms with E-state index in [-0.39, 0.29) is 17.5 Å². The Morgan fingerprint density at radius 1 is 1.00 bits per heavy atom. The summed E-state index contributed by atoms with van der Waals surface area (Å²) in [4.78, 5) is 28.9. The maximum absolute atomic E-state index is 13.2. The Morgan fingerprint density at radius 3 is 2.42 bits per heavy atom. The molecule has 7 nitrogen and oxygen atoms in total. The molecule has 2 aromatic carbocycles. The van der Waals surface area contributed by atoms with Gasteiger partial charge in [-0.05, 0) is 38.1 Å². The fraction of sp³-hybridized carbons (Fsp3) is 0.130. The van der Waals surface area contributed by atoms with Gasteiger partial charge < -0.3 is 15.2 Å². The normalized spacial score (nSPS) is 10.8. The van der Waals surface area contributed by atoms with Crippen LogP contribution in [0.3, 0.4) is 0 Å². The largest absolute Gasteiger partial charge is 0.335 e. The van der Waals surface area contributed by atoms with Crippen LogP contribution >= 0.6 is 11.6 Å². The number of amides is 2. The maximum atomic E-state index is 13.2. The average molecular weight is 435 g/mol. The summed E-state index contributed by atoms with van der Waals surface area (Å²) in [6.07, 6.45) is 0. The molecule has 2 heterocycles. The third kappa shape index (κ3) is 4.27. The number of carbonyl (C=O) groups excluding carboxylic acids is 2. The van der Waals surface area contributed by atoms with Gasteiger partial charge in [-0.2, -0.15) is 0 Å². The summed E-state index contributed by atoms with van der Waals surface area (Å²) in [7, 11) is 0. The Bertz CT molecular complexity index is 1310. The highest BCUT2D eigenvalue weighted by atomic mass is 35.5. The molecule has 0 atom stereocenters. The summed E-state index contributed by atoms with van der Waals surface area (Å²) in [5.74, 6) is -0.583. The first-order chi connectivity index (χ1) is 14.8. The van der Waals surface area contributed by atoms with Gasteiger partial charge in [-0.1, -0.05) is 46.6 Å². The van der Waals surface area contributed by atoms with Crippen molar-refractivity contribution in [2.24, 2.45) is 0 Å². The molecule has 4 rings (SSSR count). The summed E-state index contributed by atoms with van der Waals surface area (Å²) in [6.45, 7) is 5.16. The Morgan fingerprint density at radius 2 is 1.74 bits per heavy atom. The molecule has 31 heavy (non-hydrogen) atoms. The van der Waals surface area contributed by atoms with Crippen LogP contribution in [0.25, 0.3) is 22.4 Å². The van der Waals surface area contributed by atoms with Crippen molar-refractivity contribution in [1.29, 1.82) is 0 Å². The minimum atomic E-state index is -0.374. The van der Waals surface area contributed by atoms with E-state index < -0.39 is 0 Å². The standard InChI is InChI=1S/C23H19ClN4O3/c1-12-4-6-15(7-5-12)20-11-17(21-13(2)28-31-23(21)27-20)22(30)26-19-9-8-16(10-18(19)24)25-14(3)29/h4-11H,1-3H3,(H,25,29)(H,26,30). The second-order valence-electron chi connectivity index (χ2n) is 7.20. The highest BCUT2D eigenvalue weighted by Crippen LogP contribution is 2.30. The summed E-state index contributed by atoms with van der Waals surface area (Å²) in [6, 6.07) is 14.4. The van der Waals surface area contributed by atoms with Crippen LogP contribution in [0.2, 0.25) is 5.02 Å². The van der Waals surface area contributed by atoms with Gasteiger partial charge in [0.2, 0.25) is 5.91 Å². The van der Waals surface area contributed by atoms with Gasteiger partial charge in [0.15, 0.2) is 0 Å². The number of nitrogens with one attached hydrogen (secondary N) is 2. The van der Waals surface area contributed by atoms with Crippen LogP contribution < -0.4 is 10.6 Å². The number of fused-ring (bicyclic) bond motifs is 1. The van der Waals surface area contributed by atoms with Crippen molar-refractivity contribution in [3.05, 3.63) is 70.4 Å². The molecule has 0 unspecified atom stereocenters. The fourth-order valence-corrected chi connectivity index (χ4v) is 3.46. The van der Waals surface area contributed by atoms with Crippen LogP contribution in [0.5, 0.6) is 0 Å². The first kappa shape index (κ1) is 20.6. The maximum Gasteiger partial charge on any atom is 0.259 e. The fourth-order valence-electron chi connectivity index (χ4n) is 3.23. The first-order valence-corrected chi connectivity index (χ1v) is 9.92. The second kappa shape index (κ2) is 8.20. The van der Waals surface area contributed by atoms with Gasteiger partial charge in [0.25, 0.3) is 11.6 Å². The summed E-state index contributed by atoms with van der Waals surface area (Å²) in [5, 5.41) is 10.3. The zero-order valence-electron chi connectivity index (χ0n) is 17.1. The number of nitrogens with zero attached hydrogens (tertiary/aromatic N) is 2. The van der Waals surface area contributed by atoms with Gasteiger partial charge in [0, 0.05) is 18.2 Å². The van der Waals surface area contributed by atoms with Crippen LogP contribution in [0.4, 0.5) is 11.4 Å². The molecule has 0 aliphatic rings. The van der Waals surface area contributed by atoms with Gasteiger partial charge in [0.05, 0.1) is 33.0 Å². The van der Waals surface area contributed by atoms with Crippen LogP contribution in [0.15, 0.2) is 53.1 Å². The highest BCUT2D eigenvalue weighted by molar-refractivity contribution is 6.34. The molecule has 4 aromatic rings. The summed E-state index contributed by atoms with van der Waals surface area (Å²) >= 11 is 6.31. The number of aryl methyl sites for hydroxylation is 2. The van der Waals surface area contributed by atoms with Crippen molar-refractivity contribution in [3.63, 3.8) is 0 Å². The monoisotopic (exact) mass is 434 g/mol. The van der Waals surface area contributed by atoms with E-state index in [9.17, 15) is 9.59 Å². The molecule has 0 saturated heterocycles. The van der Waals surface area contributed by atoms with Crippen molar-refractivity contribution < 1.29 is 14.1 Å². The molecule has 2 amide bonds. The van der Waals surface area contributed by atoms with Crippen molar-refractivity contribution in [3.8, 4) is 11.3 Å². The summed E-state index contributed by atoms with van der Waals surface area (Å²) < 4.78 is 5.34. The predicted octanol–water partition coefficient (Wildman–Crippen LogP) is 5.37. The molecular formula is C23H19ClN4O3. The molecular weight excluding hydrogens is 416 g/mol. The van der Waals surface area contributed by atoms with Gasteiger partial charge in [0.1, 0.15) is 0 Å². The molecule has 0 radical (unpaired) electrons. The molecule has 2 aromatic heterocycles. The number of anilines is 2. The molecule has 0 aliphatic heterocycles. The van der Waals surface area contributed by atoms with E-state index in [1.54, 1.807) is 31.2 Å². The number of hydrogen-bond acceptors (Lipinski definition) is 5. The van der Waals surface area contributed by atoms with Crippen LogP contribution in [0, 0.1) is 13.8 Å². The quantitative estimate of drug-likeness (QED) is 0.450. The topological polar surface area (TPSA) is 97.1 Å². The van der Waals surface area contributed by atoms with E-state index in [1.165, 1.54) is 6.92 Å². The number of halogens is 1. The van der Waals surface area contributed by atoms with Gasteiger partial charge in [-0.15, -0.1) is 0 Å². The molecule has 0 fully saturated rings. The predicted molar refractivity (Wildman–Crippen MR) is 120 cm³/mol. The second-order valence-corrected chi connectivity index (χ2v) is 7.61. The van der Waals surface area contributed by atoms with E-state index in [0.29, 0.717) is 38.7 Å². The van der Waals surface area contributed by atoms with E-state index in [0.717, 1.165) is 11.1 Å². The number of benzene rings is 2. The lowest BCUT2D eigenvalue weighted by molar-refractivity contribution is -0.114. The molecule has 156 valence electrons. The Labute approximate surface area is 183 Å². The smallest absolute Gasteiger partial charge is 0.259 e. The molecule has 0 bridgehead atoms. The van der Waals surface area contributed by atoms with Gasteiger partial charge >= 0.3 is 0 Å². The first-order valence-electron chi connectivity index (χ1n) is 9.54. The van der Waals surface area contributed by atoms with Crippen molar-refractivity contribution >= 4 is 45.9 Å². The summed E-state index contributed by atoms with van der Waals surface area (Å²) in [5.41, 5.74) is 4.75. The van der Waals surface area contributed by atoms with Crippen molar-refractivity contribution in [1.82, 2.24) is 10.1 Å². The zero-order chi connectivity index (χ0) is 22.1. The Kier molecular flexibility index (Phi) is 5.44. The minimum absolute atomic E-state index is 0.210. The molecule has 8 heteroatoms. The number of hydrogen-bond donors (Lipinski definition) is 2. The molecule has 2 N–H and O–H groups in total. The number of aromatic nitrogens is 2. The van der Waals surface area contributed by atoms with E-state index in [2.05, 4.69) is 20.8 Å². The Balaban J connectivity index is 1.73.